The highest BCUT2D eigenvalue weighted by atomic mass is 16.7. The lowest BCUT2D eigenvalue weighted by Crippen LogP contribution is -2.67. The van der Waals surface area contributed by atoms with Gasteiger partial charge in [-0.25, -0.2) is 4.79 Å². The summed E-state index contributed by atoms with van der Waals surface area (Å²) in [6.07, 6.45) is -4.39. The van der Waals surface area contributed by atoms with E-state index in [-0.39, 0.29) is 26.2 Å². The number of hydrogen-bond donors (Lipinski definition) is 3. The maximum Gasteiger partial charge on any atom is 0.414 e. The fraction of sp³-hybridized carbons (Fsp3) is 0.366. The molecule has 0 aromatic heterocycles. The van der Waals surface area contributed by atoms with Crippen molar-refractivity contribution in [2.24, 2.45) is 0 Å². The van der Waals surface area contributed by atoms with Crippen LogP contribution in [0, 0.1) is 0 Å². The summed E-state index contributed by atoms with van der Waals surface area (Å²) < 4.78 is 30.9. The Morgan fingerprint density at radius 2 is 1.18 bits per heavy atom. The van der Waals surface area contributed by atoms with Gasteiger partial charge in [0.05, 0.1) is 38.5 Å². The molecular formula is C41H48N2O8. The second-order valence-electron chi connectivity index (χ2n) is 13.5. The summed E-state index contributed by atoms with van der Waals surface area (Å²) in [4.78, 5) is 26.5. The minimum absolute atomic E-state index is 0.107. The summed E-state index contributed by atoms with van der Waals surface area (Å²) >= 11 is 0. The van der Waals surface area contributed by atoms with Crippen molar-refractivity contribution in [2.45, 2.75) is 89.3 Å². The lowest BCUT2D eigenvalue weighted by molar-refractivity contribution is -0.279. The molecule has 0 unspecified atom stereocenters. The van der Waals surface area contributed by atoms with Crippen LogP contribution in [0.1, 0.15) is 43.0 Å². The van der Waals surface area contributed by atoms with Crippen LogP contribution in [0.25, 0.3) is 0 Å². The van der Waals surface area contributed by atoms with Crippen LogP contribution < -0.4 is 10.6 Å². The summed E-state index contributed by atoms with van der Waals surface area (Å²) in [6, 6.07) is 36.6. The van der Waals surface area contributed by atoms with Gasteiger partial charge in [0, 0.05) is 0 Å². The molecule has 10 heteroatoms. The molecule has 1 aliphatic rings. The van der Waals surface area contributed by atoms with E-state index in [0.29, 0.717) is 6.61 Å². The van der Waals surface area contributed by atoms with Crippen molar-refractivity contribution in [3.63, 3.8) is 0 Å². The van der Waals surface area contributed by atoms with E-state index in [2.05, 4.69) is 10.6 Å². The van der Waals surface area contributed by atoms with Crippen molar-refractivity contribution in [1.29, 1.82) is 0 Å². The van der Waals surface area contributed by atoms with Gasteiger partial charge in [0.1, 0.15) is 23.9 Å². The van der Waals surface area contributed by atoms with Crippen molar-refractivity contribution in [3.8, 4) is 0 Å². The molecular weight excluding hydrogens is 648 g/mol. The molecule has 270 valence electrons. The number of ether oxygens (including phenoxy) is 5. The Bertz CT molecular complexity index is 1620. The van der Waals surface area contributed by atoms with Gasteiger partial charge in [0.15, 0.2) is 6.29 Å². The third kappa shape index (κ3) is 12.1. The topological polar surface area (TPSA) is 125 Å². The van der Waals surface area contributed by atoms with Gasteiger partial charge in [-0.3, -0.25) is 15.4 Å². The van der Waals surface area contributed by atoms with E-state index in [4.69, 9.17) is 23.7 Å². The number of carbonyl (C=O) groups excluding carboxylic acids is 2. The van der Waals surface area contributed by atoms with E-state index in [9.17, 15) is 14.7 Å². The number of aliphatic hydroxyl groups excluding tert-OH is 1. The van der Waals surface area contributed by atoms with Gasteiger partial charge < -0.3 is 28.8 Å². The van der Waals surface area contributed by atoms with Crippen molar-refractivity contribution >= 4 is 12.0 Å². The molecule has 4 aromatic carbocycles. The van der Waals surface area contributed by atoms with Gasteiger partial charge in [0.25, 0.3) is 0 Å². The fourth-order valence-electron chi connectivity index (χ4n) is 5.83. The van der Waals surface area contributed by atoms with E-state index < -0.39 is 54.3 Å². The average molecular weight is 697 g/mol. The molecule has 0 saturated carbocycles. The van der Waals surface area contributed by atoms with Gasteiger partial charge >= 0.3 is 6.09 Å². The third-order valence-corrected chi connectivity index (χ3v) is 8.25. The average Bonchev–Trinajstić information content (AvgIpc) is 3.12. The van der Waals surface area contributed by atoms with Crippen LogP contribution in [0.4, 0.5) is 4.79 Å². The number of carbonyl (C=O) groups is 2. The second-order valence-corrected chi connectivity index (χ2v) is 13.5. The Hall–Kier alpha value is -4.42. The highest BCUT2D eigenvalue weighted by molar-refractivity contribution is 5.95. The molecule has 3 N–H and O–H groups in total. The van der Waals surface area contributed by atoms with Crippen LogP contribution in [-0.4, -0.2) is 66.0 Å². The molecule has 6 atom stereocenters. The van der Waals surface area contributed by atoms with Gasteiger partial charge in [-0.15, -0.1) is 0 Å². The Morgan fingerprint density at radius 1 is 0.706 bits per heavy atom. The van der Waals surface area contributed by atoms with Crippen LogP contribution in [0.2, 0.25) is 0 Å². The van der Waals surface area contributed by atoms with E-state index in [1.54, 1.807) is 20.8 Å². The zero-order valence-corrected chi connectivity index (χ0v) is 29.4. The van der Waals surface area contributed by atoms with E-state index >= 15 is 0 Å². The highest BCUT2D eigenvalue weighted by Crippen LogP contribution is 2.28. The Kier molecular flexibility index (Phi) is 13.9. The smallest absolute Gasteiger partial charge is 0.414 e. The van der Waals surface area contributed by atoms with E-state index in [1.807, 2.05) is 121 Å². The molecule has 1 saturated heterocycles. The summed E-state index contributed by atoms with van der Waals surface area (Å²) in [5.74, 6) is -0.628. The van der Waals surface area contributed by atoms with Gasteiger partial charge in [-0.1, -0.05) is 121 Å². The minimum Gasteiger partial charge on any atom is -0.444 e. The molecule has 51 heavy (non-hydrogen) atoms. The lowest BCUT2D eigenvalue weighted by atomic mass is 9.94. The number of rotatable bonds is 15. The van der Waals surface area contributed by atoms with Crippen molar-refractivity contribution in [2.75, 3.05) is 6.61 Å². The molecule has 0 spiro atoms. The number of benzene rings is 4. The monoisotopic (exact) mass is 696 g/mol. The maximum absolute atomic E-state index is 13.8. The van der Waals surface area contributed by atoms with Crippen LogP contribution in [0.5, 0.6) is 0 Å². The Balaban J connectivity index is 1.44. The molecule has 0 radical (unpaired) electrons. The second kappa shape index (κ2) is 18.7. The van der Waals surface area contributed by atoms with Crippen molar-refractivity contribution in [3.05, 3.63) is 144 Å². The summed E-state index contributed by atoms with van der Waals surface area (Å²) in [6.45, 7) is 6.04. The number of imide groups is 1. The third-order valence-electron chi connectivity index (χ3n) is 8.25. The first kappa shape index (κ1) is 37.8. The normalized spacial score (nSPS) is 21.1. The van der Waals surface area contributed by atoms with Crippen LogP contribution in [0.15, 0.2) is 121 Å². The van der Waals surface area contributed by atoms with Gasteiger partial charge in [-0.2, -0.15) is 0 Å². The molecule has 4 aromatic rings. The Morgan fingerprint density at radius 3 is 1.69 bits per heavy atom. The summed E-state index contributed by atoms with van der Waals surface area (Å²) in [5.41, 5.74) is 2.88. The first-order chi connectivity index (χ1) is 24.6. The number of aliphatic hydroxyl groups is 1. The van der Waals surface area contributed by atoms with Gasteiger partial charge in [-0.05, 0) is 49.4 Å². The SMILES string of the molecule is CC(C)(C)OC(=O)NC(=O)[C@H](Cc1ccccc1)N[C@@H]1[C@@H](OCc2ccccc2)[C@H](OCc2ccccc2)[C@@H](COCc2ccccc2)O[C@@H]1O. The molecule has 1 fully saturated rings. The molecule has 5 rings (SSSR count). The Labute approximate surface area is 300 Å². The number of amides is 2. The molecule has 10 nitrogen and oxygen atoms in total. The molecule has 1 aliphatic heterocycles. The molecule has 2 amide bonds. The number of nitrogens with one attached hydrogen (secondary N) is 2. The molecule has 0 bridgehead atoms. The van der Waals surface area contributed by atoms with Gasteiger partial charge in [0.2, 0.25) is 5.91 Å². The van der Waals surface area contributed by atoms with Crippen molar-refractivity contribution < 1.29 is 38.4 Å². The number of hydrogen-bond acceptors (Lipinski definition) is 9. The summed E-state index contributed by atoms with van der Waals surface area (Å²) in [7, 11) is 0. The zero-order chi connectivity index (χ0) is 36.1. The van der Waals surface area contributed by atoms with E-state index in [0.717, 1.165) is 22.3 Å². The standard InChI is InChI=1S/C41H48N2O8/c1-41(2,3)51-40(46)43-38(44)33(24-29-16-8-4-9-17-29)42-35-37(49-27-32-22-14-7-15-23-32)36(48-26-31-20-12-6-13-21-31)34(50-39(35)45)28-47-25-30-18-10-5-11-19-30/h4-23,33-37,39,42,45H,24-28H2,1-3H3,(H,43,44,46)/t33-,34+,35+,36+,37+,39-/m0/s1. The predicted octanol–water partition coefficient (Wildman–Crippen LogP) is 5.71. The van der Waals surface area contributed by atoms with Crippen LogP contribution >= 0.6 is 0 Å². The zero-order valence-electron chi connectivity index (χ0n) is 29.4. The van der Waals surface area contributed by atoms with Crippen LogP contribution in [0.3, 0.4) is 0 Å². The summed E-state index contributed by atoms with van der Waals surface area (Å²) in [5, 5.41) is 17.3. The predicted molar refractivity (Wildman–Crippen MR) is 192 cm³/mol. The highest BCUT2D eigenvalue weighted by Gasteiger charge is 2.48. The minimum atomic E-state index is -1.43. The quantitative estimate of drug-likeness (QED) is 0.143. The number of alkyl carbamates (subject to hydrolysis) is 1. The maximum atomic E-state index is 13.8. The first-order valence-corrected chi connectivity index (χ1v) is 17.2. The molecule has 1 heterocycles. The first-order valence-electron chi connectivity index (χ1n) is 17.2. The molecule has 0 aliphatic carbocycles. The fourth-order valence-corrected chi connectivity index (χ4v) is 5.83. The largest absolute Gasteiger partial charge is 0.444 e. The lowest BCUT2D eigenvalue weighted by Gasteiger charge is -2.46. The van der Waals surface area contributed by atoms with Crippen molar-refractivity contribution in [1.82, 2.24) is 10.6 Å². The van der Waals surface area contributed by atoms with Crippen LogP contribution in [-0.2, 0) is 54.7 Å². The van der Waals surface area contributed by atoms with E-state index in [1.165, 1.54) is 0 Å².